The van der Waals surface area contributed by atoms with Gasteiger partial charge in [0.05, 0.1) is 5.69 Å². The van der Waals surface area contributed by atoms with Gasteiger partial charge in [-0.3, -0.25) is 0 Å². The number of rotatable bonds is 15. The van der Waals surface area contributed by atoms with Crippen LogP contribution in [0.4, 0.5) is 85.3 Å². The first-order valence-electron chi connectivity index (χ1n) is 34.3. The summed E-state index contributed by atoms with van der Waals surface area (Å²) in [6.45, 7) is 18.6. The van der Waals surface area contributed by atoms with Gasteiger partial charge in [-0.05, 0) is 234 Å². The summed E-state index contributed by atoms with van der Waals surface area (Å²) in [7, 11) is 0. The van der Waals surface area contributed by atoms with Gasteiger partial charge in [0.25, 0.3) is 6.71 Å². The number of anilines is 15. The van der Waals surface area contributed by atoms with E-state index in [-0.39, 0.29) is 18.8 Å². The average Bonchev–Trinajstić information content (AvgIpc) is 0.685. The Kier molecular flexibility index (Phi) is 15.5. The minimum absolute atomic E-state index is 0.0767. The van der Waals surface area contributed by atoms with Crippen LogP contribution in [0.3, 0.4) is 0 Å². The summed E-state index contributed by atoms with van der Waals surface area (Å²) in [5, 5.41) is 0. The van der Waals surface area contributed by atoms with Crippen LogP contribution in [-0.4, -0.2) is 13.4 Å². The van der Waals surface area contributed by atoms with Gasteiger partial charge in [0.1, 0.15) is 0 Å². The van der Waals surface area contributed by atoms with Gasteiger partial charge in [-0.1, -0.05) is 204 Å². The molecule has 5 nitrogen and oxygen atoms in total. The Bertz CT molecular complexity index is 4800. The van der Waals surface area contributed by atoms with Crippen LogP contribution >= 0.6 is 11.8 Å². The Morgan fingerprint density at radius 1 is 0.347 bits per heavy atom. The average molecular weight is 1250 g/mol. The van der Waals surface area contributed by atoms with E-state index >= 15 is 0 Å². The summed E-state index contributed by atoms with van der Waals surface area (Å²) >= 11 is 1.97. The maximum Gasteiger partial charge on any atom is 0.252 e. The molecule has 0 amide bonds. The van der Waals surface area contributed by atoms with Crippen molar-refractivity contribution in [2.24, 2.45) is 0 Å². The number of para-hydroxylation sites is 6. The van der Waals surface area contributed by atoms with E-state index in [1.165, 1.54) is 110 Å². The lowest BCUT2D eigenvalue weighted by Crippen LogP contribution is -2.66. The van der Waals surface area contributed by atoms with Crippen molar-refractivity contribution < 1.29 is 0 Å². The van der Waals surface area contributed by atoms with Crippen LogP contribution in [-0.2, 0) is 18.3 Å². The first-order chi connectivity index (χ1) is 46.4. The van der Waals surface area contributed by atoms with Crippen molar-refractivity contribution >= 4 is 143 Å². The fourth-order valence-electron chi connectivity index (χ4n) is 16.0. The van der Waals surface area contributed by atoms with Crippen LogP contribution in [0.2, 0.25) is 0 Å². The molecule has 4 heterocycles. The smallest absolute Gasteiger partial charge is 0.252 e. The van der Waals surface area contributed by atoms with E-state index in [2.05, 4.69) is 341 Å². The molecule has 0 aliphatic carbocycles. The van der Waals surface area contributed by atoms with Crippen LogP contribution < -0.4 is 57.3 Å². The summed E-state index contributed by atoms with van der Waals surface area (Å²) in [4.78, 5) is 15.5. The zero-order chi connectivity index (χ0) is 64.6. The first-order valence-corrected chi connectivity index (χ1v) is 35.2. The molecular weight excluding hydrogens is 1170 g/mol. The van der Waals surface area contributed by atoms with Gasteiger partial charge in [0, 0.05) is 89.4 Å². The molecule has 12 aromatic carbocycles. The molecule has 0 bridgehead atoms. The molecule has 0 saturated heterocycles. The standard InChI is InChI=1S/C87H79B2N5S/c1-9-11-31-61-45-58(3)47-69(51-61)94-77-49-60(5)48-72(87(6,7)8)84(77)89-74-56-73-75(57-76(74)92(67-41-27-17-28-42-67)78-52-70(53-79(94)85(78)89)90(63-33-19-13-20-34-63)64-35-21-14-22-36-64)93(68-43-29-18-30-44-68)80-54-71(91(65-37-23-15-24-38-65)66-39-25-16-26-40-66)55-82-86(80)88(73)83-62(32-12-10-2)46-59(4)50-81(83)95-82/h13-30,33-57H,9-12,31-32H2,1-8H3. The van der Waals surface area contributed by atoms with E-state index in [0.717, 1.165) is 89.7 Å². The lowest BCUT2D eigenvalue weighted by atomic mass is 9.30. The highest BCUT2D eigenvalue weighted by molar-refractivity contribution is 8.00. The molecule has 0 unspecified atom stereocenters. The molecule has 4 aliphatic rings. The minimum atomic E-state index is -0.227. The van der Waals surface area contributed by atoms with Gasteiger partial charge in [-0.25, -0.2) is 0 Å². The number of nitrogens with zero attached hydrogens (tertiary/aromatic N) is 5. The van der Waals surface area contributed by atoms with E-state index in [0.29, 0.717) is 0 Å². The normalized spacial score (nSPS) is 13.2. The van der Waals surface area contributed by atoms with E-state index in [4.69, 9.17) is 0 Å². The Morgan fingerprint density at radius 2 is 0.768 bits per heavy atom. The van der Waals surface area contributed by atoms with E-state index in [1.807, 2.05) is 11.8 Å². The lowest BCUT2D eigenvalue weighted by Gasteiger charge is -2.48. The molecule has 0 aromatic heterocycles. The minimum Gasteiger partial charge on any atom is -0.311 e. The quantitative estimate of drug-likeness (QED) is 0.0944. The van der Waals surface area contributed by atoms with Crippen molar-refractivity contribution in [1.82, 2.24) is 0 Å². The Morgan fingerprint density at radius 3 is 1.27 bits per heavy atom. The topological polar surface area (TPSA) is 16.2 Å². The van der Waals surface area contributed by atoms with E-state index < -0.39 is 0 Å². The summed E-state index contributed by atoms with van der Waals surface area (Å²) in [6.07, 6.45) is 6.55. The molecule has 0 saturated carbocycles. The van der Waals surface area contributed by atoms with Crippen molar-refractivity contribution in [1.29, 1.82) is 0 Å². The molecule has 0 spiro atoms. The molecule has 0 N–H and O–H groups in total. The summed E-state index contributed by atoms with van der Waals surface area (Å²) < 4.78 is 0. The number of hydrogen-bond donors (Lipinski definition) is 0. The fourth-order valence-corrected chi connectivity index (χ4v) is 17.3. The second-order valence-electron chi connectivity index (χ2n) is 27.6. The van der Waals surface area contributed by atoms with Gasteiger partial charge in [-0.2, -0.15) is 0 Å². The highest BCUT2D eigenvalue weighted by Crippen LogP contribution is 2.53. The Hall–Kier alpha value is -9.88. The molecule has 8 heteroatoms. The number of hydrogen-bond acceptors (Lipinski definition) is 6. The van der Waals surface area contributed by atoms with Gasteiger partial charge in [-0.15, -0.1) is 0 Å². The summed E-state index contributed by atoms with van der Waals surface area (Å²) in [6, 6.07) is 99.2. The largest absolute Gasteiger partial charge is 0.311 e. The SMILES string of the molecule is CCCCc1cc(C)cc(N2c3cc(N(c4ccccc4)c4ccccc4)cc4c3B(c3cc5c(cc3N4c3ccccc3)N(c3ccccc3)c3cc(N(c4ccccc4)c4ccccc4)cc4c3B5c3c(CCCC)cc(C)cc3S4)c3c2cc(C)cc3C(C)(C)C)c1. The molecule has 464 valence electrons. The van der Waals surface area contributed by atoms with Crippen molar-refractivity contribution in [2.75, 3.05) is 24.5 Å². The van der Waals surface area contributed by atoms with Crippen molar-refractivity contribution in [3.8, 4) is 0 Å². The predicted octanol–water partition coefficient (Wildman–Crippen LogP) is 20.4. The van der Waals surface area contributed by atoms with Crippen molar-refractivity contribution in [2.45, 2.75) is 109 Å². The molecule has 0 fully saturated rings. The molecular formula is C87H79B2N5S. The van der Waals surface area contributed by atoms with Crippen LogP contribution in [0.25, 0.3) is 0 Å². The second-order valence-corrected chi connectivity index (χ2v) is 28.7. The lowest BCUT2D eigenvalue weighted by molar-refractivity contribution is 0.593. The highest BCUT2D eigenvalue weighted by Gasteiger charge is 2.50. The molecule has 4 aliphatic heterocycles. The van der Waals surface area contributed by atoms with E-state index in [9.17, 15) is 0 Å². The third-order valence-electron chi connectivity index (χ3n) is 19.9. The number of unbranched alkanes of at least 4 members (excludes halogenated alkanes) is 2. The van der Waals surface area contributed by atoms with Crippen molar-refractivity contribution in [3.05, 3.63) is 294 Å². The number of fused-ring (bicyclic) bond motifs is 8. The van der Waals surface area contributed by atoms with Gasteiger partial charge in [0.2, 0.25) is 6.71 Å². The molecule has 12 aromatic rings. The second kappa shape index (κ2) is 24.5. The summed E-state index contributed by atoms with van der Waals surface area (Å²) in [5.41, 5.74) is 33.2. The third-order valence-corrected chi connectivity index (χ3v) is 21.0. The molecule has 0 atom stereocenters. The van der Waals surface area contributed by atoms with Crippen LogP contribution in [0, 0.1) is 20.8 Å². The van der Waals surface area contributed by atoms with Crippen LogP contribution in [0.1, 0.15) is 93.7 Å². The highest BCUT2D eigenvalue weighted by atomic mass is 32.2. The maximum absolute atomic E-state index is 2.73. The van der Waals surface area contributed by atoms with Gasteiger partial charge in [0.15, 0.2) is 0 Å². The Balaban J connectivity index is 1.06. The van der Waals surface area contributed by atoms with E-state index in [1.54, 1.807) is 0 Å². The molecule has 16 rings (SSSR count). The van der Waals surface area contributed by atoms with Gasteiger partial charge < -0.3 is 24.5 Å². The maximum atomic E-state index is 2.73. The molecule has 95 heavy (non-hydrogen) atoms. The fraction of sp³-hybridized carbons (Fsp3) is 0.172. The van der Waals surface area contributed by atoms with Crippen LogP contribution in [0.15, 0.2) is 271 Å². The van der Waals surface area contributed by atoms with Crippen molar-refractivity contribution in [3.63, 3.8) is 0 Å². The monoisotopic (exact) mass is 1250 g/mol. The predicted molar refractivity (Wildman–Crippen MR) is 410 cm³/mol. The first kappa shape index (κ1) is 60.1. The number of aryl methyl sites for hydroxylation is 5. The summed E-state index contributed by atoms with van der Waals surface area (Å²) in [5.74, 6) is 0. The zero-order valence-corrected chi connectivity index (χ0v) is 56.7. The Labute approximate surface area is 567 Å². The third kappa shape index (κ3) is 10.5. The van der Waals surface area contributed by atoms with Crippen LogP contribution in [0.5, 0.6) is 0 Å². The number of benzene rings is 12. The zero-order valence-electron chi connectivity index (χ0n) is 55.9. The molecule has 0 radical (unpaired) electrons. The van der Waals surface area contributed by atoms with Gasteiger partial charge >= 0.3 is 0 Å².